The molecule has 142 valence electrons. The van der Waals surface area contributed by atoms with Crippen LogP contribution in [0, 0.1) is 0 Å². The van der Waals surface area contributed by atoms with Crippen LogP contribution >= 0.6 is 0 Å². The molecule has 2 heterocycles. The Balaban J connectivity index is 1.49. The predicted molar refractivity (Wildman–Crippen MR) is 104 cm³/mol. The highest BCUT2D eigenvalue weighted by atomic mass is 16.2. The zero-order chi connectivity index (χ0) is 18.9. The zero-order valence-corrected chi connectivity index (χ0v) is 15.2. The molecule has 3 rings (SSSR count). The van der Waals surface area contributed by atoms with Gasteiger partial charge in [-0.15, -0.1) is 0 Å². The third kappa shape index (κ3) is 5.70. The van der Waals surface area contributed by atoms with Gasteiger partial charge in [-0.1, -0.05) is 24.3 Å². The quantitative estimate of drug-likeness (QED) is 0.759. The van der Waals surface area contributed by atoms with E-state index in [-0.39, 0.29) is 18.1 Å². The summed E-state index contributed by atoms with van der Waals surface area (Å²) in [5, 5.41) is 8.62. The number of anilines is 1. The van der Waals surface area contributed by atoms with E-state index in [9.17, 15) is 9.59 Å². The van der Waals surface area contributed by atoms with Gasteiger partial charge in [0.2, 0.25) is 0 Å². The highest BCUT2D eigenvalue weighted by Gasteiger charge is 2.26. The molecule has 1 atom stereocenters. The number of nitrogens with one attached hydrogen (secondary N) is 3. The first-order chi connectivity index (χ1) is 13.2. The molecule has 0 aliphatic carbocycles. The second kappa shape index (κ2) is 9.56. The van der Waals surface area contributed by atoms with Gasteiger partial charge in [-0.05, 0) is 43.0 Å². The van der Waals surface area contributed by atoms with Crippen molar-refractivity contribution in [1.82, 2.24) is 20.5 Å². The van der Waals surface area contributed by atoms with Crippen LogP contribution in [-0.2, 0) is 6.54 Å². The number of carbonyl (C=O) groups excluding carboxylic acids is 2. The van der Waals surface area contributed by atoms with Crippen LogP contribution in [0.4, 0.5) is 15.3 Å². The summed E-state index contributed by atoms with van der Waals surface area (Å²) in [5.74, 6) is 0. The normalized spacial score (nSPS) is 16.4. The van der Waals surface area contributed by atoms with Crippen molar-refractivity contribution < 1.29 is 9.59 Å². The fraction of sp³-hybridized carbons (Fsp3) is 0.350. The Morgan fingerprint density at radius 3 is 2.70 bits per heavy atom. The van der Waals surface area contributed by atoms with E-state index in [1.165, 1.54) is 0 Å². The summed E-state index contributed by atoms with van der Waals surface area (Å²) in [4.78, 5) is 30.6. The summed E-state index contributed by atoms with van der Waals surface area (Å²) in [6.07, 6.45) is 6.36. The largest absolute Gasteiger partial charge is 0.336 e. The van der Waals surface area contributed by atoms with E-state index in [0.29, 0.717) is 19.6 Å². The maximum absolute atomic E-state index is 12.6. The summed E-state index contributed by atoms with van der Waals surface area (Å²) in [6, 6.07) is 12.7. The molecule has 0 bridgehead atoms. The molecule has 2 aromatic rings. The van der Waals surface area contributed by atoms with Gasteiger partial charge in [-0.3, -0.25) is 4.98 Å². The van der Waals surface area contributed by atoms with Crippen molar-refractivity contribution in [2.24, 2.45) is 0 Å². The summed E-state index contributed by atoms with van der Waals surface area (Å²) in [5.41, 5.74) is 1.70. The number of aromatic nitrogens is 1. The molecule has 0 saturated carbocycles. The Hall–Kier alpha value is -3.09. The lowest BCUT2D eigenvalue weighted by atomic mass is 10.0. The molecule has 7 heteroatoms. The van der Waals surface area contributed by atoms with Gasteiger partial charge < -0.3 is 20.9 Å². The molecule has 1 aromatic carbocycles. The number of hydrogen-bond acceptors (Lipinski definition) is 3. The lowest BCUT2D eigenvalue weighted by molar-refractivity contribution is 0.149. The Morgan fingerprint density at radius 2 is 1.93 bits per heavy atom. The molecule has 1 aliphatic rings. The lowest BCUT2D eigenvalue weighted by Gasteiger charge is -2.35. The number of amides is 4. The second-order valence-electron chi connectivity index (χ2n) is 6.56. The van der Waals surface area contributed by atoms with Crippen molar-refractivity contribution in [3.05, 3.63) is 60.4 Å². The van der Waals surface area contributed by atoms with Gasteiger partial charge in [0.25, 0.3) is 0 Å². The number of likely N-dealkylation sites (tertiary alicyclic amines) is 1. The van der Waals surface area contributed by atoms with Gasteiger partial charge in [0.1, 0.15) is 0 Å². The molecule has 0 unspecified atom stereocenters. The second-order valence-corrected chi connectivity index (χ2v) is 6.56. The van der Waals surface area contributed by atoms with Crippen molar-refractivity contribution in [2.45, 2.75) is 31.8 Å². The van der Waals surface area contributed by atoms with Crippen molar-refractivity contribution in [3.63, 3.8) is 0 Å². The summed E-state index contributed by atoms with van der Waals surface area (Å²) < 4.78 is 0. The van der Waals surface area contributed by atoms with Crippen molar-refractivity contribution >= 4 is 17.7 Å². The third-order valence-electron chi connectivity index (χ3n) is 4.58. The number of nitrogens with zero attached hydrogens (tertiary/aromatic N) is 2. The standard InChI is InChI=1S/C20H25N5O2/c26-19(24-17-8-2-1-3-9-17)22-15-18-10-4-5-12-25(18)20(27)23-14-16-7-6-11-21-13-16/h1-3,6-9,11,13,18H,4-5,10,12,14-15H2,(H,23,27)(H2,22,24,26)/t18-/m1/s1. The van der Waals surface area contributed by atoms with Crippen LogP contribution in [-0.4, -0.2) is 41.1 Å². The number of hydrogen-bond donors (Lipinski definition) is 3. The molecule has 3 N–H and O–H groups in total. The van der Waals surface area contributed by atoms with Crippen molar-refractivity contribution in [3.8, 4) is 0 Å². The Labute approximate surface area is 159 Å². The van der Waals surface area contributed by atoms with Crippen LogP contribution in [0.15, 0.2) is 54.9 Å². The maximum Gasteiger partial charge on any atom is 0.319 e. The van der Waals surface area contributed by atoms with Gasteiger partial charge in [-0.2, -0.15) is 0 Å². The molecule has 1 aliphatic heterocycles. The van der Waals surface area contributed by atoms with Crippen molar-refractivity contribution in [1.29, 1.82) is 0 Å². The number of piperidine rings is 1. The van der Waals surface area contributed by atoms with E-state index in [2.05, 4.69) is 20.9 Å². The fourth-order valence-corrected chi connectivity index (χ4v) is 3.17. The summed E-state index contributed by atoms with van der Waals surface area (Å²) >= 11 is 0. The highest BCUT2D eigenvalue weighted by Crippen LogP contribution is 2.17. The van der Waals surface area contributed by atoms with Crippen LogP contribution in [0.1, 0.15) is 24.8 Å². The van der Waals surface area contributed by atoms with Gasteiger partial charge in [-0.25, -0.2) is 9.59 Å². The molecule has 7 nitrogen and oxygen atoms in total. The molecule has 1 saturated heterocycles. The first kappa shape index (κ1) is 18.7. The first-order valence-electron chi connectivity index (χ1n) is 9.25. The minimum Gasteiger partial charge on any atom is -0.336 e. The molecule has 1 fully saturated rings. The average Bonchev–Trinajstić information content (AvgIpc) is 2.72. The van der Waals surface area contributed by atoms with E-state index in [4.69, 9.17) is 0 Å². The molecule has 1 aromatic heterocycles. The smallest absolute Gasteiger partial charge is 0.319 e. The van der Waals surface area contributed by atoms with Crippen LogP contribution in [0.2, 0.25) is 0 Å². The van der Waals surface area contributed by atoms with Crippen molar-refractivity contribution in [2.75, 3.05) is 18.4 Å². The summed E-state index contributed by atoms with van der Waals surface area (Å²) in [7, 11) is 0. The van der Waals surface area contributed by atoms with E-state index in [1.54, 1.807) is 12.4 Å². The molecule has 0 radical (unpaired) electrons. The van der Waals surface area contributed by atoms with Crippen LogP contribution in [0.5, 0.6) is 0 Å². The first-order valence-corrected chi connectivity index (χ1v) is 9.25. The topological polar surface area (TPSA) is 86.4 Å². The molecule has 0 spiro atoms. The minimum absolute atomic E-state index is 0.00540. The van der Waals surface area contributed by atoms with Crippen LogP contribution < -0.4 is 16.0 Å². The average molecular weight is 367 g/mol. The lowest BCUT2D eigenvalue weighted by Crippen LogP contribution is -2.53. The van der Waals surface area contributed by atoms with E-state index < -0.39 is 0 Å². The molecule has 27 heavy (non-hydrogen) atoms. The molecular weight excluding hydrogens is 342 g/mol. The number of carbonyl (C=O) groups is 2. The maximum atomic E-state index is 12.6. The molecule has 4 amide bonds. The Morgan fingerprint density at radius 1 is 1.07 bits per heavy atom. The van der Waals surface area contributed by atoms with Gasteiger partial charge in [0, 0.05) is 37.7 Å². The highest BCUT2D eigenvalue weighted by molar-refractivity contribution is 5.89. The van der Waals surface area contributed by atoms with Gasteiger partial charge in [0.15, 0.2) is 0 Å². The zero-order valence-electron chi connectivity index (χ0n) is 15.2. The Bertz CT molecular complexity index is 739. The number of urea groups is 2. The molecular formula is C20H25N5O2. The number of benzene rings is 1. The number of pyridine rings is 1. The van der Waals surface area contributed by atoms with E-state index in [1.807, 2.05) is 47.4 Å². The van der Waals surface area contributed by atoms with E-state index >= 15 is 0 Å². The number of para-hydroxylation sites is 1. The van der Waals surface area contributed by atoms with Crippen LogP contribution in [0.25, 0.3) is 0 Å². The van der Waals surface area contributed by atoms with Gasteiger partial charge >= 0.3 is 12.1 Å². The fourth-order valence-electron chi connectivity index (χ4n) is 3.17. The third-order valence-corrected chi connectivity index (χ3v) is 4.58. The van der Waals surface area contributed by atoms with Crippen LogP contribution in [0.3, 0.4) is 0 Å². The predicted octanol–water partition coefficient (Wildman–Crippen LogP) is 2.97. The van der Waals surface area contributed by atoms with Gasteiger partial charge in [0.05, 0.1) is 6.04 Å². The minimum atomic E-state index is -0.262. The summed E-state index contributed by atoms with van der Waals surface area (Å²) in [6.45, 7) is 1.57. The van der Waals surface area contributed by atoms with E-state index in [0.717, 1.165) is 30.5 Å². The number of rotatable bonds is 5. The SMILES string of the molecule is O=C(NC[C@H]1CCCCN1C(=O)NCc1cccnc1)Nc1ccccc1. The monoisotopic (exact) mass is 367 g/mol. The Kier molecular flexibility index (Phi) is 6.62.